The Kier molecular flexibility index (Phi) is 4.31. The lowest BCUT2D eigenvalue weighted by atomic mass is 9.78. The van der Waals surface area contributed by atoms with Crippen LogP contribution in [0.5, 0.6) is 0 Å². The van der Waals surface area contributed by atoms with E-state index >= 15 is 0 Å². The molecule has 3 aromatic rings. The molecule has 1 aliphatic rings. The minimum Gasteiger partial charge on any atom is -0.396 e. The fourth-order valence-electron chi connectivity index (χ4n) is 3.72. The van der Waals surface area contributed by atoms with Crippen LogP contribution in [0.2, 0.25) is 0 Å². The van der Waals surface area contributed by atoms with E-state index in [1.165, 1.54) is 10.8 Å². The van der Waals surface area contributed by atoms with Gasteiger partial charge in [-0.1, -0.05) is 66.7 Å². The lowest BCUT2D eigenvalue weighted by molar-refractivity contribution is 0.0813. The van der Waals surface area contributed by atoms with Crippen molar-refractivity contribution in [2.75, 3.05) is 13.2 Å². The van der Waals surface area contributed by atoms with Gasteiger partial charge in [0, 0.05) is 30.3 Å². The first-order chi connectivity index (χ1) is 12.7. The van der Waals surface area contributed by atoms with Gasteiger partial charge in [-0.2, -0.15) is 0 Å². The largest absolute Gasteiger partial charge is 0.396 e. The van der Waals surface area contributed by atoms with E-state index in [-0.39, 0.29) is 17.9 Å². The van der Waals surface area contributed by atoms with Gasteiger partial charge in [0.15, 0.2) is 0 Å². The Bertz CT molecular complexity index is 964. The Balaban J connectivity index is 1.67. The van der Waals surface area contributed by atoms with E-state index < -0.39 is 0 Å². The van der Waals surface area contributed by atoms with Crippen molar-refractivity contribution in [1.82, 2.24) is 4.90 Å². The number of carbonyl (C=O) groups excluding carboxylic acids is 1. The van der Waals surface area contributed by atoms with Crippen LogP contribution in [0, 0.1) is 0 Å². The highest BCUT2D eigenvalue weighted by Crippen LogP contribution is 2.37. The molecule has 0 radical (unpaired) electrons. The summed E-state index contributed by atoms with van der Waals surface area (Å²) in [6.45, 7) is 0.615. The van der Waals surface area contributed by atoms with Gasteiger partial charge < -0.3 is 10.0 Å². The SMILES string of the molecule is O=C(c1ccccc1)N1C=CC(CCO)(c2ccc3ccccc3c2)C1. The van der Waals surface area contributed by atoms with Crippen LogP contribution in [-0.2, 0) is 5.41 Å². The first-order valence-corrected chi connectivity index (χ1v) is 8.87. The summed E-state index contributed by atoms with van der Waals surface area (Å²) in [6.07, 6.45) is 4.51. The Morgan fingerprint density at radius 2 is 1.69 bits per heavy atom. The molecule has 1 amide bonds. The second-order valence-electron chi connectivity index (χ2n) is 6.81. The Hall–Kier alpha value is -2.91. The van der Waals surface area contributed by atoms with E-state index in [1.54, 1.807) is 4.90 Å². The summed E-state index contributed by atoms with van der Waals surface area (Å²) in [5, 5.41) is 12.0. The topological polar surface area (TPSA) is 40.5 Å². The van der Waals surface area contributed by atoms with Crippen LogP contribution in [0.1, 0.15) is 22.3 Å². The summed E-state index contributed by atoms with van der Waals surface area (Å²) >= 11 is 0. The van der Waals surface area contributed by atoms with E-state index in [0.717, 1.165) is 5.56 Å². The zero-order chi connectivity index (χ0) is 18.0. The first-order valence-electron chi connectivity index (χ1n) is 8.87. The van der Waals surface area contributed by atoms with Crippen LogP contribution in [0.25, 0.3) is 10.8 Å². The lowest BCUT2D eigenvalue weighted by Crippen LogP contribution is -2.35. The molecule has 0 bridgehead atoms. The number of hydrogen-bond donors (Lipinski definition) is 1. The number of aliphatic hydroxyl groups excluding tert-OH is 1. The lowest BCUT2D eigenvalue weighted by Gasteiger charge is -2.29. The normalized spacial score (nSPS) is 19.2. The third-order valence-corrected chi connectivity index (χ3v) is 5.19. The molecule has 3 nitrogen and oxygen atoms in total. The van der Waals surface area contributed by atoms with E-state index in [2.05, 4.69) is 36.4 Å². The predicted molar refractivity (Wildman–Crippen MR) is 104 cm³/mol. The zero-order valence-electron chi connectivity index (χ0n) is 14.5. The molecule has 130 valence electrons. The van der Waals surface area contributed by atoms with Gasteiger partial charge in [-0.15, -0.1) is 0 Å². The Labute approximate surface area is 153 Å². The van der Waals surface area contributed by atoms with Crippen molar-refractivity contribution >= 4 is 16.7 Å². The molecule has 26 heavy (non-hydrogen) atoms. The van der Waals surface area contributed by atoms with Crippen LogP contribution >= 0.6 is 0 Å². The molecular formula is C23H21NO2. The number of carbonyl (C=O) groups is 1. The quantitative estimate of drug-likeness (QED) is 0.774. The van der Waals surface area contributed by atoms with Crippen molar-refractivity contribution in [3.8, 4) is 0 Å². The summed E-state index contributed by atoms with van der Waals surface area (Å²) in [7, 11) is 0. The zero-order valence-corrected chi connectivity index (χ0v) is 14.5. The van der Waals surface area contributed by atoms with E-state index in [1.807, 2.05) is 48.7 Å². The molecule has 1 aliphatic heterocycles. The second-order valence-corrected chi connectivity index (χ2v) is 6.81. The number of rotatable bonds is 4. The highest BCUT2D eigenvalue weighted by Gasteiger charge is 2.37. The molecule has 1 N–H and O–H groups in total. The van der Waals surface area contributed by atoms with Crippen molar-refractivity contribution in [2.45, 2.75) is 11.8 Å². The van der Waals surface area contributed by atoms with Crippen molar-refractivity contribution in [3.05, 3.63) is 96.2 Å². The number of fused-ring (bicyclic) bond motifs is 1. The Morgan fingerprint density at radius 3 is 2.46 bits per heavy atom. The second kappa shape index (κ2) is 6.77. The standard InChI is InChI=1S/C23H21NO2/c25-15-13-23(21-11-10-18-6-4-5-9-20(18)16-21)12-14-24(17-23)22(26)19-7-2-1-3-8-19/h1-12,14,16,25H,13,15,17H2. The number of amides is 1. The molecule has 0 fully saturated rings. The smallest absolute Gasteiger partial charge is 0.257 e. The summed E-state index contributed by atoms with van der Waals surface area (Å²) in [4.78, 5) is 14.5. The van der Waals surface area contributed by atoms with Crippen molar-refractivity contribution in [3.63, 3.8) is 0 Å². The Morgan fingerprint density at radius 1 is 0.962 bits per heavy atom. The van der Waals surface area contributed by atoms with Gasteiger partial charge in [-0.25, -0.2) is 0 Å². The number of nitrogens with zero attached hydrogens (tertiary/aromatic N) is 1. The summed E-state index contributed by atoms with van der Waals surface area (Å²) < 4.78 is 0. The van der Waals surface area contributed by atoms with Gasteiger partial charge in [0.2, 0.25) is 0 Å². The number of hydrogen-bond acceptors (Lipinski definition) is 2. The summed E-state index contributed by atoms with van der Waals surface area (Å²) in [6, 6.07) is 23.9. The van der Waals surface area contributed by atoms with Crippen LogP contribution in [0.3, 0.4) is 0 Å². The minimum atomic E-state index is -0.358. The molecule has 1 unspecified atom stereocenters. The molecule has 0 saturated carbocycles. The first kappa shape index (κ1) is 16.6. The van der Waals surface area contributed by atoms with E-state index in [0.29, 0.717) is 18.5 Å². The molecule has 1 atom stereocenters. The maximum atomic E-state index is 12.8. The fourth-order valence-corrected chi connectivity index (χ4v) is 3.72. The number of benzene rings is 3. The van der Waals surface area contributed by atoms with Gasteiger partial charge in [0.05, 0.1) is 0 Å². The maximum Gasteiger partial charge on any atom is 0.257 e. The van der Waals surface area contributed by atoms with Crippen molar-refractivity contribution < 1.29 is 9.90 Å². The molecule has 0 aliphatic carbocycles. The van der Waals surface area contributed by atoms with Crippen LogP contribution in [0.15, 0.2) is 85.1 Å². The van der Waals surface area contributed by atoms with Crippen molar-refractivity contribution in [1.29, 1.82) is 0 Å². The molecule has 0 saturated heterocycles. The average Bonchev–Trinajstić information content (AvgIpc) is 3.13. The van der Waals surface area contributed by atoms with Gasteiger partial charge in [0.25, 0.3) is 5.91 Å². The molecule has 4 rings (SSSR count). The van der Waals surface area contributed by atoms with Crippen LogP contribution < -0.4 is 0 Å². The third-order valence-electron chi connectivity index (χ3n) is 5.19. The third kappa shape index (κ3) is 2.91. The highest BCUT2D eigenvalue weighted by atomic mass is 16.3. The molecule has 0 aromatic heterocycles. The molecule has 0 spiro atoms. The van der Waals surface area contributed by atoms with E-state index in [4.69, 9.17) is 0 Å². The molecular weight excluding hydrogens is 322 g/mol. The predicted octanol–water partition coefficient (Wildman–Crippen LogP) is 4.13. The monoisotopic (exact) mass is 343 g/mol. The highest BCUT2D eigenvalue weighted by molar-refractivity contribution is 5.95. The summed E-state index contributed by atoms with van der Waals surface area (Å²) in [5.74, 6) is -0.0116. The molecule has 3 aromatic carbocycles. The molecule has 3 heteroatoms. The van der Waals surface area contributed by atoms with Crippen molar-refractivity contribution in [2.24, 2.45) is 0 Å². The van der Waals surface area contributed by atoms with Gasteiger partial charge in [0.1, 0.15) is 0 Å². The van der Waals surface area contributed by atoms with Crippen LogP contribution in [0.4, 0.5) is 0 Å². The van der Waals surface area contributed by atoms with Gasteiger partial charge in [-0.05, 0) is 34.9 Å². The molecule has 1 heterocycles. The fraction of sp³-hybridized carbons (Fsp3) is 0.174. The van der Waals surface area contributed by atoms with E-state index in [9.17, 15) is 9.90 Å². The maximum absolute atomic E-state index is 12.8. The summed E-state index contributed by atoms with van der Waals surface area (Å²) in [5.41, 5.74) is 1.45. The number of aliphatic hydroxyl groups is 1. The minimum absolute atomic E-state index is 0.0116. The van der Waals surface area contributed by atoms with Crippen LogP contribution in [-0.4, -0.2) is 29.1 Å². The van der Waals surface area contributed by atoms with Gasteiger partial charge in [-0.3, -0.25) is 4.79 Å². The van der Waals surface area contributed by atoms with Gasteiger partial charge >= 0.3 is 0 Å². The average molecular weight is 343 g/mol.